The van der Waals surface area contributed by atoms with Crippen LogP contribution in [0.5, 0.6) is 0 Å². The van der Waals surface area contributed by atoms with Crippen molar-refractivity contribution in [1.29, 1.82) is 0 Å². The van der Waals surface area contributed by atoms with Crippen molar-refractivity contribution in [2.75, 3.05) is 19.6 Å². The maximum atomic E-state index is 3.64. The highest BCUT2D eigenvalue weighted by molar-refractivity contribution is 4.73. The minimum atomic E-state index is 0.642. The number of piperidine rings is 1. The van der Waals surface area contributed by atoms with Gasteiger partial charge in [-0.25, -0.2) is 0 Å². The zero-order chi connectivity index (χ0) is 10.4. The molecule has 1 heterocycles. The fourth-order valence-electron chi connectivity index (χ4n) is 2.19. The van der Waals surface area contributed by atoms with Crippen molar-refractivity contribution in [3.05, 3.63) is 0 Å². The van der Waals surface area contributed by atoms with E-state index in [2.05, 4.69) is 31.0 Å². The lowest BCUT2D eigenvalue weighted by Gasteiger charge is -2.30. The molecule has 2 unspecified atom stereocenters. The summed E-state index contributed by atoms with van der Waals surface area (Å²) < 4.78 is 0. The van der Waals surface area contributed by atoms with Gasteiger partial charge >= 0.3 is 0 Å². The van der Waals surface area contributed by atoms with Gasteiger partial charge in [-0.3, -0.25) is 0 Å². The molecule has 0 bridgehead atoms. The van der Waals surface area contributed by atoms with Gasteiger partial charge in [-0.15, -0.1) is 0 Å². The molecule has 0 amide bonds. The molecule has 1 rings (SSSR count). The topological polar surface area (TPSA) is 15.3 Å². The number of nitrogens with one attached hydrogen (secondary N) is 1. The molecule has 1 aliphatic heterocycles. The van der Waals surface area contributed by atoms with Crippen LogP contribution < -0.4 is 5.32 Å². The molecule has 0 saturated carbocycles. The molecule has 1 aliphatic rings. The molecule has 0 spiro atoms. The second kappa shape index (κ2) is 6.41. The van der Waals surface area contributed by atoms with E-state index in [0.29, 0.717) is 12.1 Å². The summed E-state index contributed by atoms with van der Waals surface area (Å²) in [6, 6.07) is 1.30. The van der Waals surface area contributed by atoms with Crippen molar-refractivity contribution in [2.45, 2.75) is 58.5 Å². The molecule has 0 radical (unpaired) electrons. The smallest absolute Gasteiger partial charge is 0.0169 e. The van der Waals surface area contributed by atoms with Crippen LogP contribution in [0, 0.1) is 0 Å². The largest absolute Gasteiger partial charge is 0.311 e. The van der Waals surface area contributed by atoms with Crippen LogP contribution in [0.2, 0.25) is 0 Å². The molecule has 2 heteroatoms. The standard InChI is InChI=1S/C12H26N2/c1-4-11(2)13-12(3)10-14-8-6-5-7-9-14/h11-13H,4-10H2,1-3H3. The predicted octanol–water partition coefficient (Wildman–Crippen LogP) is 2.25. The minimum absolute atomic E-state index is 0.642. The van der Waals surface area contributed by atoms with Gasteiger partial charge < -0.3 is 10.2 Å². The van der Waals surface area contributed by atoms with E-state index >= 15 is 0 Å². The first-order valence-corrected chi connectivity index (χ1v) is 6.20. The first kappa shape index (κ1) is 12.0. The van der Waals surface area contributed by atoms with E-state index in [0.717, 1.165) is 0 Å². The third-order valence-corrected chi connectivity index (χ3v) is 3.16. The van der Waals surface area contributed by atoms with Gasteiger partial charge in [0.15, 0.2) is 0 Å². The van der Waals surface area contributed by atoms with Crippen LogP contribution in [-0.4, -0.2) is 36.6 Å². The summed E-state index contributed by atoms with van der Waals surface area (Å²) in [5.41, 5.74) is 0. The Morgan fingerprint density at radius 1 is 1.07 bits per heavy atom. The van der Waals surface area contributed by atoms with Crippen LogP contribution in [0.4, 0.5) is 0 Å². The molecule has 1 fully saturated rings. The predicted molar refractivity (Wildman–Crippen MR) is 62.6 cm³/mol. The summed E-state index contributed by atoms with van der Waals surface area (Å²) in [5.74, 6) is 0. The summed E-state index contributed by atoms with van der Waals surface area (Å²) in [6.45, 7) is 10.7. The van der Waals surface area contributed by atoms with E-state index in [4.69, 9.17) is 0 Å². The highest BCUT2D eigenvalue weighted by atomic mass is 15.2. The number of hydrogen-bond acceptors (Lipinski definition) is 2. The third-order valence-electron chi connectivity index (χ3n) is 3.16. The summed E-state index contributed by atoms with van der Waals surface area (Å²) >= 11 is 0. The number of hydrogen-bond donors (Lipinski definition) is 1. The Kier molecular flexibility index (Phi) is 5.49. The van der Waals surface area contributed by atoms with Gasteiger partial charge in [0.1, 0.15) is 0 Å². The zero-order valence-electron chi connectivity index (χ0n) is 10.1. The van der Waals surface area contributed by atoms with Crippen molar-refractivity contribution in [3.63, 3.8) is 0 Å². The molecule has 0 aromatic heterocycles. The molecule has 0 aromatic carbocycles. The SMILES string of the molecule is CCC(C)NC(C)CN1CCCCC1. The summed E-state index contributed by atoms with van der Waals surface area (Å²) in [4.78, 5) is 2.60. The van der Waals surface area contributed by atoms with Crippen LogP contribution in [0.1, 0.15) is 46.5 Å². The number of likely N-dealkylation sites (tertiary alicyclic amines) is 1. The lowest BCUT2D eigenvalue weighted by molar-refractivity contribution is 0.205. The Morgan fingerprint density at radius 2 is 1.71 bits per heavy atom. The average molecular weight is 198 g/mol. The molecule has 2 nitrogen and oxygen atoms in total. The summed E-state index contributed by atoms with van der Waals surface area (Å²) in [6.07, 6.45) is 5.46. The van der Waals surface area contributed by atoms with Crippen LogP contribution in [0.15, 0.2) is 0 Å². The highest BCUT2D eigenvalue weighted by Gasteiger charge is 2.13. The van der Waals surface area contributed by atoms with Gasteiger partial charge in [0.25, 0.3) is 0 Å². The molecular formula is C12H26N2. The normalized spacial score (nSPS) is 23.4. The van der Waals surface area contributed by atoms with Gasteiger partial charge in [0.05, 0.1) is 0 Å². The maximum absolute atomic E-state index is 3.64. The first-order valence-electron chi connectivity index (χ1n) is 6.20. The second-order valence-electron chi connectivity index (χ2n) is 4.74. The van der Waals surface area contributed by atoms with E-state index < -0.39 is 0 Å². The fraction of sp³-hybridized carbons (Fsp3) is 1.00. The number of rotatable bonds is 5. The van der Waals surface area contributed by atoms with E-state index in [9.17, 15) is 0 Å². The third kappa shape index (κ3) is 4.43. The van der Waals surface area contributed by atoms with Crippen LogP contribution in [0.25, 0.3) is 0 Å². The quantitative estimate of drug-likeness (QED) is 0.729. The maximum Gasteiger partial charge on any atom is 0.0169 e. The van der Waals surface area contributed by atoms with Crippen molar-refractivity contribution in [2.24, 2.45) is 0 Å². The summed E-state index contributed by atoms with van der Waals surface area (Å²) in [7, 11) is 0. The molecule has 2 atom stereocenters. The second-order valence-corrected chi connectivity index (χ2v) is 4.74. The van der Waals surface area contributed by atoms with E-state index in [1.54, 1.807) is 0 Å². The summed E-state index contributed by atoms with van der Waals surface area (Å²) in [5, 5.41) is 3.64. The van der Waals surface area contributed by atoms with Crippen LogP contribution in [-0.2, 0) is 0 Å². The molecule has 0 aliphatic carbocycles. The fourth-order valence-corrected chi connectivity index (χ4v) is 2.19. The molecular weight excluding hydrogens is 172 g/mol. The molecule has 14 heavy (non-hydrogen) atoms. The molecule has 0 aromatic rings. The Balaban J connectivity index is 2.14. The Hall–Kier alpha value is -0.0800. The Labute approximate surface area is 89.1 Å². The van der Waals surface area contributed by atoms with Gasteiger partial charge in [0, 0.05) is 18.6 Å². The monoisotopic (exact) mass is 198 g/mol. The van der Waals surface area contributed by atoms with Gasteiger partial charge in [0.2, 0.25) is 0 Å². The average Bonchev–Trinajstić information content (AvgIpc) is 2.19. The van der Waals surface area contributed by atoms with E-state index in [1.165, 1.54) is 45.3 Å². The first-order chi connectivity index (χ1) is 6.72. The molecule has 1 saturated heterocycles. The molecule has 84 valence electrons. The highest BCUT2D eigenvalue weighted by Crippen LogP contribution is 2.08. The Bertz CT molecular complexity index is 141. The zero-order valence-corrected chi connectivity index (χ0v) is 10.1. The van der Waals surface area contributed by atoms with Crippen molar-refractivity contribution >= 4 is 0 Å². The van der Waals surface area contributed by atoms with E-state index in [-0.39, 0.29) is 0 Å². The van der Waals surface area contributed by atoms with Crippen molar-refractivity contribution in [3.8, 4) is 0 Å². The lowest BCUT2D eigenvalue weighted by Crippen LogP contribution is -2.44. The van der Waals surface area contributed by atoms with Gasteiger partial charge in [-0.2, -0.15) is 0 Å². The van der Waals surface area contributed by atoms with Crippen molar-refractivity contribution in [1.82, 2.24) is 10.2 Å². The number of nitrogens with zero attached hydrogens (tertiary/aromatic N) is 1. The molecule has 1 N–H and O–H groups in total. The van der Waals surface area contributed by atoms with E-state index in [1.807, 2.05) is 0 Å². The minimum Gasteiger partial charge on any atom is -0.311 e. The van der Waals surface area contributed by atoms with Gasteiger partial charge in [-0.05, 0) is 46.2 Å². The Morgan fingerprint density at radius 3 is 2.29 bits per heavy atom. The lowest BCUT2D eigenvalue weighted by atomic mass is 10.1. The van der Waals surface area contributed by atoms with Crippen LogP contribution >= 0.6 is 0 Å². The van der Waals surface area contributed by atoms with Crippen LogP contribution in [0.3, 0.4) is 0 Å². The van der Waals surface area contributed by atoms with Crippen molar-refractivity contribution < 1.29 is 0 Å². The van der Waals surface area contributed by atoms with Gasteiger partial charge in [-0.1, -0.05) is 13.3 Å².